The van der Waals surface area contributed by atoms with Crippen LogP contribution in [0, 0.1) is 11.2 Å². The summed E-state index contributed by atoms with van der Waals surface area (Å²) in [4.78, 5) is 0. The molecule has 0 saturated carbocycles. The maximum Gasteiger partial charge on any atom is 0.416 e. The van der Waals surface area contributed by atoms with Gasteiger partial charge in [0.25, 0.3) is 0 Å². The van der Waals surface area contributed by atoms with Gasteiger partial charge in [-0.15, -0.1) is 0 Å². The van der Waals surface area contributed by atoms with Crippen LogP contribution in [0.2, 0.25) is 0 Å². The van der Waals surface area contributed by atoms with Crippen LogP contribution >= 0.6 is 0 Å². The molecule has 1 nitrogen and oxygen atoms in total. The monoisotopic (exact) mass is 1190 g/mol. The highest BCUT2D eigenvalue weighted by atomic mass is 32.2. The molecule has 0 aromatic heterocycles. The van der Waals surface area contributed by atoms with Gasteiger partial charge in [0.2, 0.25) is 0 Å². The molecule has 1 atom stereocenters. The third-order valence-electron chi connectivity index (χ3n) is 12.1. The van der Waals surface area contributed by atoms with Crippen LogP contribution in [-0.2, 0) is 69.3 Å². The Kier molecular flexibility index (Phi) is 17.2. The van der Waals surface area contributed by atoms with Crippen LogP contribution in [0.3, 0.4) is 0 Å². The van der Waals surface area contributed by atoms with E-state index in [4.69, 9.17) is 0 Å². The first-order valence-electron chi connectivity index (χ1n) is 22.4. The molecule has 0 aliphatic heterocycles. The average Bonchev–Trinajstić information content (AvgIpc) is 3.07. The standard InChI is InChI=1S/C32H12BF24.C22H19OS/c34-25(35,36)13-1-14(26(37,38)39)6-21(5-13)33(22-7-15(27(40,41)42)2-16(8-22)28(43,44)45,23-9-17(29(46,47)48)3-18(10-23)30(49,50)51)24-11-19(31(52,53)54)4-20(12-24)32(55,56)57;1-24(23,17-16-19-8-4-2-5-9-19)18-20-12-14-22(15-13-20)21-10-6-3-7-11-21/h1-12H;2-15H,18H2,1H3/q-1;+1. The van der Waals surface area contributed by atoms with Gasteiger partial charge in [0, 0.05) is 11.1 Å². The first-order valence-corrected chi connectivity index (χ1v) is 24.6. The van der Waals surface area contributed by atoms with E-state index in [1.807, 2.05) is 60.7 Å². The highest BCUT2D eigenvalue weighted by molar-refractivity contribution is 8.05. The summed E-state index contributed by atoms with van der Waals surface area (Å²) in [5.41, 5.74) is -25.9. The van der Waals surface area contributed by atoms with Crippen molar-refractivity contribution < 1.29 is 110 Å². The Balaban J connectivity index is 0.000000363. The predicted octanol–water partition coefficient (Wildman–Crippen LogP) is 16.2. The first kappa shape index (κ1) is 62.8. The molecule has 0 radical (unpaired) electrons. The van der Waals surface area contributed by atoms with Gasteiger partial charge in [0.15, 0.2) is 15.2 Å². The summed E-state index contributed by atoms with van der Waals surface area (Å²) in [5.74, 6) is 3.49. The van der Waals surface area contributed by atoms with E-state index in [0.29, 0.717) is 5.75 Å². The SMILES string of the molecule is C[S+](=O)(C#Cc1ccccc1)Cc1ccc(-c2ccccc2)cc1.FC(F)(F)c1cc([B-](c2cc(C(F)(F)F)cc(C(F)(F)F)c2)(c2cc(C(F)(F)F)cc(C(F)(F)F)c2)c2cc(C(F)(F)F)cc(C(F)(F)F)c2)cc(C(F)(F)F)c1. The summed E-state index contributed by atoms with van der Waals surface area (Å²) in [7, 11) is -2.22. The zero-order valence-corrected chi connectivity index (χ0v) is 41.0. The van der Waals surface area contributed by atoms with E-state index in [0.717, 1.165) is 16.7 Å². The van der Waals surface area contributed by atoms with Gasteiger partial charge >= 0.3 is 49.4 Å². The van der Waals surface area contributed by atoms with Crippen molar-refractivity contribution in [3.63, 3.8) is 0 Å². The average molecular weight is 1190 g/mol. The molecule has 0 aliphatic rings. The lowest BCUT2D eigenvalue weighted by Crippen LogP contribution is -2.75. The summed E-state index contributed by atoms with van der Waals surface area (Å²) >= 11 is 0. The molecule has 0 fully saturated rings. The van der Waals surface area contributed by atoms with E-state index < -0.39 is 205 Å². The maximum absolute atomic E-state index is 14.2. The molecule has 0 aliphatic carbocycles. The number of hydrogen-bond donors (Lipinski definition) is 0. The lowest BCUT2D eigenvalue weighted by molar-refractivity contribution is -0.144. The zero-order chi connectivity index (χ0) is 60.7. The van der Waals surface area contributed by atoms with E-state index in [2.05, 4.69) is 35.4 Å². The van der Waals surface area contributed by atoms with Crippen molar-refractivity contribution in [2.75, 3.05) is 6.26 Å². The fraction of sp³-hybridized carbons (Fsp3) is 0.185. The Morgan fingerprint density at radius 2 is 0.568 bits per heavy atom. The van der Waals surface area contributed by atoms with Crippen LogP contribution in [0.4, 0.5) is 105 Å². The van der Waals surface area contributed by atoms with Gasteiger partial charge in [-0.25, -0.2) is 0 Å². The number of benzene rings is 7. The van der Waals surface area contributed by atoms with Crippen molar-refractivity contribution in [2.45, 2.75) is 55.2 Å². The lowest BCUT2D eigenvalue weighted by atomic mass is 9.12. The normalized spacial score (nSPS) is 13.8. The highest BCUT2D eigenvalue weighted by Gasteiger charge is 2.47. The van der Waals surface area contributed by atoms with Gasteiger partial charge in [-0.2, -0.15) is 127 Å². The van der Waals surface area contributed by atoms with Gasteiger partial charge in [-0.3, -0.25) is 0 Å². The van der Waals surface area contributed by atoms with Crippen LogP contribution in [-0.4, -0.2) is 12.4 Å². The second-order valence-electron chi connectivity index (χ2n) is 18.0. The largest absolute Gasteiger partial charge is 0.416 e. The van der Waals surface area contributed by atoms with Crippen molar-refractivity contribution in [1.29, 1.82) is 0 Å². The van der Waals surface area contributed by atoms with Crippen LogP contribution in [0.5, 0.6) is 0 Å². The summed E-state index contributed by atoms with van der Waals surface area (Å²) < 4.78 is 354. The first-order chi connectivity index (χ1) is 36.9. The Labute approximate surface area is 443 Å². The third kappa shape index (κ3) is 15.4. The molecule has 0 saturated heterocycles. The van der Waals surface area contributed by atoms with Gasteiger partial charge in [0.05, 0.1) is 44.5 Å². The number of rotatable bonds is 7. The van der Waals surface area contributed by atoms with Crippen LogP contribution in [0.1, 0.15) is 55.6 Å². The lowest BCUT2D eigenvalue weighted by Gasteiger charge is -2.46. The van der Waals surface area contributed by atoms with Gasteiger partial charge in [-0.05, 0) is 53.4 Å². The molecule has 0 spiro atoms. The molecule has 430 valence electrons. The second-order valence-corrected chi connectivity index (χ2v) is 20.5. The molecule has 0 amide bonds. The summed E-state index contributed by atoms with van der Waals surface area (Å²) in [6.07, 6.45) is -53.1. The molecule has 0 heterocycles. The zero-order valence-electron chi connectivity index (χ0n) is 40.2. The molecular formula is C54H31BF24OS. The Morgan fingerprint density at radius 1 is 0.333 bits per heavy atom. The van der Waals surface area contributed by atoms with Crippen molar-refractivity contribution >= 4 is 37.9 Å². The van der Waals surface area contributed by atoms with Crippen molar-refractivity contribution in [2.24, 2.45) is 0 Å². The molecule has 7 rings (SSSR count). The van der Waals surface area contributed by atoms with Crippen molar-refractivity contribution in [3.05, 3.63) is 213 Å². The van der Waals surface area contributed by atoms with Crippen molar-refractivity contribution in [3.8, 4) is 22.3 Å². The van der Waals surface area contributed by atoms with Gasteiger partial charge in [-0.1, -0.05) is 126 Å². The van der Waals surface area contributed by atoms with E-state index in [1.165, 1.54) is 5.56 Å². The van der Waals surface area contributed by atoms with Crippen LogP contribution in [0.25, 0.3) is 11.1 Å². The smallest absolute Gasteiger partial charge is 0.194 e. The Hall–Kier alpha value is -7.37. The van der Waals surface area contributed by atoms with E-state index in [1.54, 1.807) is 6.26 Å². The summed E-state index contributed by atoms with van der Waals surface area (Å²) in [6, 6.07) is 19.3. The van der Waals surface area contributed by atoms with Crippen LogP contribution < -0.4 is 21.9 Å². The highest BCUT2D eigenvalue weighted by Crippen LogP contribution is 2.41. The minimum Gasteiger partial charge on any atom is -0.194 e. The second kappa shape index (κ2) is 22.2. The van der Waals surface area contributed by atoms with E-state index >= 15 is 0 Å². The van der Waals surface area contributed by atoms with Gasteiger partial charge < -0.3 is 0 Å². The molecule has 0 N–H and O–H groups in total. The van der Waals surface area contributed by atoms with Crippen molar-refractivity contribution in [1.82, 2.24) is 0 Å². The minimum absolute atomic E-state index is 0.474. The van der Waals surface area contributed by atoms with E-state index in [9.17, 15) is 110 Å². The Bertz CT molecular complexity index is 3050. The summed E-state index contributed by atoms with van der Waals surface area (Å²) in [5, 5.41) is 2.95. The fourth-order valence-electron chi connectivity index (χ4n) is 8.54. The molecular weight excluding hydrogens is 1160 g/mol. The molecule has 0 bridgehead atoms. The number of alkyl halides is 24. The third-order valence-corrected chi connectivity index (χ3v) is 13.5. The number of halogens is 24. The topological polar surface area (TPSA) is 17.1 Å². The molecule has 1 unspecified atom stereocenters. The van der Waals surface area contributed by atoms with E-state index in [-0.39, 0.29) is 0 Å². The summed E-state index contributed by atoms with van der Waals surface area (Å²) in [6.45, 7) is 0. The number of hydrogen-bond acceptors (Lipinski definition) is 1. The quantitative estimate of drug-likeness (QED) is 0.0673. The molecule has 27 heteroatoms. The predicted molar refractivity (Wildman–Crippen MR) is 253 cm³/mol. The molecule has 81 heavy (non-hydrogen) atoms. The minimum atomic E-state index is -6.13. The fourth-order valence-corrected chi connectivity index (χ4v) is 9.77. The maximum atomic E-state index is 14.2. The Morgan fingerprint density at radius 3 is 0.815 bits per heavy atom. The van der Waals surface area contributed by atoms with Crippen LogP contribution in [0.15, 0.2) is 158 Å². The van der Waals surface area contributed by atoms with Gasteiger partial charge in [0.1, 0.15) is 18.2 Å². The molecule has 7 aromatic carbocycles. The molecule has 7 aromatic rings.